The minimum atomic E-state index is -4.47. The van der Waals surface area contributed by atoms with Crippen molar-refractivity contribution in [3.63, 3.8) is 0 Å². The highest BCUT2D eigenvalue weighted by atomic mass is 31.2. The Kier molecular flexibility index (Phi) is 58.2. The van der Waals surface area contributed by atoms with Gasteiger partial charge in [-0.25, -0.2) is 4.57 Å². The maximum absolute atomic E-state index is 13.6. The highest BCUT2D eigenvalue weighted by Gasteiger charge is 2.30. The minimum Gasteiger partial charge on any atom is -0.456 e. The SMILES string of the molecule is CC/C=C\C/C=C\C/C=C\C/C=C\C/C=C\CCCC(=O)OC(/C=C\CCCCCCCCCCC)C(COP(=O)(O)OCC[N+](C)(C)C)NC(=O)CCCCCCCCCCCCCCCCCCC/C=C/CCCCCCCC. The van der Waals surface area contributed by atoms with E-state index < -0.39 is 20.0 Å². The molecule has 0 rings (SSSR count). The number of allylic oxidation sites excluding steroid dienone is 13. The van der Waals surface area contributed by atoms with Gasteiger partial charge < -0.3 is 19.4 Å². The van der Waals surface area contributed by atoms with E-state index >= 15 is 0 Å². The second-order valence-electron chi connectivity index (χ2n) is 24.0. The van der Waals surface area contributed by atoms with Crippen molar-refractivity contribution >= 4 is 19.7 Å². The van der Waals surface area contributed by atoms with Crippen LogP contribution in [0.1, 0.15) is 303 Å². The Hall–Kier alpha value is -2.81. The summed E-state index contributed by atoms with van der Waals surface area (Å²) in [6.07, 6.45) is 80.4. The number of rotatable bonds is 61. The smallest absolute Gasteiger partial charge is 0.456 e. The predicted octanol–water partition coefficient (Wildman–Crippen LogP) is 21.3. The lowest BCUT2D eigenvalue weighted by Gasteiger charge is -2.27. The number of phosphoric ester groups is 1. The molecule has 9 nitrogen and oxygen atoms in total. The first-order valence-electron chi connectivity index (χ1n) is 33.9. The minimum absolute atomic E-state index is 0.0294. The first kappa shape index (κ1) is 78.2. The van der Waals surface area contributed by atoms with E-state index in [2.05, 4.69) is 99.0 Å². The number of quaternary nitrogens is 1. The molecule has 0 aliphatic carbocycles. The van der Waals surface area contributed by atoms with Crippen molar-refractivity contribution in [3.8, 4) is 0 Å². The second kappa shape index (κ2) is 60.3. The second-order valence-corrected chi connectivity index (χ2v) is 25.4. The predicted molar refractivity (Wildman–Crippen MR) is 351 cm³/mol. The number of nitrogens with one attached hydrogen (secondary N) is 1. The molecule has 3 atom stereocenters. The van der Waals surface area contributed by atoms with E-state index in [1.807, 2.05) is 33.3 Å². The number of amides is 1. The lowest BCUT2D eigenvalue weighted by molar-refractivity contribution is -0.870. The van der Waals surface area contributed by atoms with Crippen molar-refractivity contribution in [2.45, 2.75) is 315 Å². The summed E-state index contributed by atoms with van der Waals surface area (Å²) in [6.45, 7) is 6.87. The number of likely N-dealkylation sites (N-methyl/N-ethyl adjacent to an activating group) is 1. The Morgan fingerprint density at radius 1 is 0.444 bits per heavy atom. The fourth-order valence-corrected chi connectivity index (χ4v) is 10.4. The lowest BCUT2D eigenvalue weighted by atomic mass is 10.0. The summed E-state index contributed by atoms with van der Waals surface area (Å²) in [7, 11) is 1.47. The van der Waals surface area contributed by atoms with Crippen LogP contribution in [0, 0.1) is 0 Å². The third-order valence-electron chi connectivity index (χ3n) is 14.8. The standard InChI is InChI=1S/C71H129N2O7P/c1-7-10-13-16-19-22-25-27-29-31-32-33-34-35-36-37-38-39-40-42-43-45-48-51-54-57-60-63-70(74)72-68(67-79-81(76,77)78-66-65-73(4,5)6)69(62-59-56-53-50-47-24-21-18-15-12-9-3)80-71(75)64-61-58-55-52-49-46-44-41-30-28-26-23-20-17-14-11-8-2/h11,14,20,23,27-30,44,46,52,55,59,62,68-69H,7-10,12-13,15-19,21-22,24-26,31-43,45,47-51,53-54,56-58,60-61,63-67H2,1-6H3,(H-,72,74,76,77)/p+1/b14-11-,23-20-,29-27+,30-28-,46-44-,55-52-,62-59-. The number of ether oxygens (including phenoxy) is 1. The normalized spacial score (nSPS) is 14.1. The largest absolute Gasteiger partial charge is 0.472 e. The average molecular weight is 1150 g/mol. The number of carbonyl (C=O) groups excluding carboxylic acids is 2. The van der Waals surface area contributed by atoms with E-state index in [9.17, 15) is 19.0 Å². The molecule has 0 aromatic heterocycles. The van der Waals surface area contributed by atoms with Crippen LogP contribution in [0.5, 0.6) is 0 Å². The van der Waals surface area contributed by atoms with E-state index in [0.717, 1.165) is 77.0 Å². The molecule has 0 aliphatic heterocycles. The first-order chi connectivity index (χ1) is 39.4. The van der Waals surface area contributed by atoms with Crippen LogP contribution in [0.15, 0.2) is 85.1 Å². The summed E-state index contributed by atoms with van der Waals surface area (Å²) >= 11 is 0. The van der Waals surface area contributed by atoms with E-state index in [-0.39, 0.29) is 31.5 Å². The Morgan fingerprint density at radius 2 is 0.802 bits per heavy atom. The van der Waals surface area contributed by atoms with Gasteiger partial charge in [-0.3, -0.25) is 18.6 Å². The van der Waals surface area contributed by atoms with Gasteiger partial charge in [-0.15, -0.1) is 0 Å². The van der Waals surface area contributed by atoms with Gasteiger partial charge in [-0.05, 0) is 96.0 Å². The molecule has 0 radical (unpaired) electrons. The van der Waals surface area contributed by atoms with Gasteiger partial charge in [-0.2, -0.15) is 0 Å². The number of phosphoric acid groups is 1. The molecule has 0 saturated heterocycles. The van der Waals surface area contributed by atoms with Crippen molar-refractivity contribution in [2.75, 3.05) is 40.9 Å². The van der Waals surface area contributed by atoms with Crippen LogP contribution in [0.2, 0.25) is 0 Å². The van der Waals surface area contributed by atoms with Gasteiger partial charge in [0, 0.05) is 12.8 Å². The molecule has 81 heavy (non-hydrogen) atoms. The molecule has 0 bridgehead atoms. The number of hydrogen-bond acceptors (Lipinski definition) is 6. The molecule has 0 saturated carbocycles. The van der Waals surface area contributed by atoms with E-state index in [0.29, 0.717) is 23.9 Å². The van der Waals surface area contributed by atoms with Crippen molar-refractivity contribution in [1.82, 2.24) is 5.32 Å². The molecule has 0 aliphatic rings. The zero-order chi connectivity index (χ0) is 59.3. The van der Waals surface area contributed by atoms with Gasteiger partial charge in [0.1, 0.15) is 19.3 Å². The topological polar surface area (TPSA) is 111 Å². The van der Waals surface area contributed by atoms with Crippen LogP contribution in [0.3, 0.4) is 0 Å². The van der Waals surface area contributed by atoms with Crippen molar-refractivity contribution in [1.29, 1.82) is 0 Å². The Morgan fingerprint density at radius 3 is 1.22 bits per heavy atom. The highest BCUT2D eigenvalue weighted by Crippen LogP contribution is 2.43. The Labute approximate surface area is 501 Å². The van der Waals surface area contributed by atoms with Crippen LogP contribution in [0.4, 0.5) is 0 Å². The van der Waals surface area contributed by atoms with Gasteiger partial charge in [0.15, 0.2) is 0 Å². The van der Waals surface area contributed by atoms with Crippen LogP contribution >= 0.6 is 7.82 Å². The van der Waals surface area contributed by atoms with E-state index in [1.54, 1.807) is 0 Å². The van der Waals surface area contributed by atoms with Crippen molar-refractivity contribution in [3.05, 3.63) is 85.1 Å². The van der Waals surface area contributed by atoms with Crippen LogP contribution in [0.25, 0.3) is 0 Å². The molecule has 0 aromatic rings. The number of hydrogen-bond donors (Lipinski definition) is 2. The van der Waals surface area contributed by atoms with Crippen LogP contribution in [-0.2, 0) is 27.9 Å². The maximum atomic E-state index is 13.6. The van der Waals surface area contributed by atoms with Gasteiger partial charge in [-0.1, -0.05) is 280 Å². The number of carbonyl (C=O) groups is 2. The van der Waals surface area contributed by atoms with Gasteiger partial charge in [0.25, 0.3) is 0 Å². The van der Waals surface area contributed by atoms with Crippen LogP contribution in [-0.4, -0.2) is 74.3 Å². The molecule has 0 heterocycles. The zero-order valence-electron chi connectivity index (χ0n) is 53.8. The molecule has 3 unspecified atom stereocenters. The van der Waals surface area contributed by atoms with Gasteiger partial charge in [0.05, 0.1) is 33.8 Å². The molecule has 0 fully saturated rings. The van der Waals surface area contributed by atoms with Gasteiger partial charge in [0.2, 0.25) is 5.91 Å². The number of nitrogens with zero attached hydrogens (tertiary/aromatic N) is 1. The van der Waals surface area contributed by atoms with Crippen LogP contribution < -0.4 is 5.32 Å². The van der Waals surface area contributed by atoms with E-state index in [4.69, 9.17) is 13.8 Å². The molecule has 0 aromatic carbocycles. The maximum Gasteiger partial charge on any atom is 0.472 e. The summed E-state index contributed by atoms with van der Waals surface area (Å²) < 4.78 is 30.7. The van der Waals surface area contributed by atoms with Gasteiger partial charge >= 0.3 is 13.8 Å². The monoisotopic (exact) mass is 1150 g/mol. The Balaban J connectivity index is 5.05. The summed E-state index contributed by atoms with van der Waals surface area (Å²) in [5.74, 6) is -0.568. The number of unbranched alkanes of at least 4 members (excludes halogenated alkanes) is 33. The quantitative estimate of drug-likeness (QED) is 0.0205. The molecule has 1 amide bonds. The third kappa shape index (κ3) is 61.6. The van der Waals surface area contributed by atoms with Crippen molar-refractivity contribution < 1.29 is 37.3 Å². The third-order valence-corrected chi connectivity index (χ3v) is 15.8. The highest BCUT2D eigenvalue weighted by molar-refractivity contribution is 7.47. The zero-order valence-corrected chi connectivity index (χ0v) is 54.7. The average Bonchev–Trinajstić information content (AvgIpc) is 3.43. The molecular formula is C71H130N2O7P+. The molecule has 470 valence electrons. The first-order valence-corrected chi connectivity index (χ1v) is 35.4. The Bertz CT molecular complexity index is 1660. The molecule has 2 N–H and O–H groups in total. The summed E-state index contributed by atoms with van der Waals surface area (Å²) in [6, 6.07) is -0.874. The lowest BCUT2D eigenvalue weighted by Crippen LogP contribution is -2.47. The summed E-state index contributed by atoms with van der Waals surface area (Å²) in [5.41, 5.74) is 0. The summed E-state index contributed by atoms with van der Waals surface area (Å²) in [5, 5.41) is 3.05. The fraction of sp³-hybridized carbons (Fsp3) is 0.775. The fourth-order valence-electron chi connectivity index (χ4n) is 9.62. The van der Waals surface area contributed by atoms with E-state index in [1.165, 1.54) is 186 Å². The number of esters is 1. The molecule has 10 heteroatoms. The molecule has 0 spiro atoms. The summed E-state index contributed by atoms with van der Waals surface area (Å²) in [4.78, 5) is 37.7. The molecular weight excluding hydrogens is 1020 g/mol. The van der Waals surface area contributed by atoms with Crippen molar-refractivity contribution in [2.24, 2.45) is 0 Å².